The maximum atomic E-state index is 12.6. The number of likely N-dealkylation sites (tertiary alicyclic amines) is 1. The van der Waals surface area contributed by atoms with E-state index in [0.717, 1.165) is 0 Å². The van der Waals surface area contributed by atoms with Gasteiger partial charge in [-0.15, -0.1) is 0 Å². The van der Waals surface area contributed by atoms with Gasteiger partial charge in [0.25, 0.3) is 0 Å². The van der Waals surface area contributed by atoms with Crippen LogP contribution < -0.4 is 0 Å². The van der Waals surface area contributed by atoms with Crippen LogP contribution in [-0.2, 0) is 19.4 Å². The quantitative estimate of drug-likeness (QED) is 0.880. The zero-order valence-electron chi connectivity index (χ0n) is 11.5. The number of alkyl halides is 3. The fourth-order valence-corrected chi connectivity index (χ4v) is 4.16. The molecule has 6 nitrogen and oxygen atoms in total. The molecule has 1 aliphatic heterocycles. The van der Waals surface area contributed by atoms with Gasteiger partial charge in [0.1, 0.15) is 6.04 Å². The van der Waals surface area contributed by atoms with Gasteiger partial charge in [-0.2, -0.15) is 13.2 Å². The number of rotatable bonds is 3. The average Bonchev–Trinajstić information content (AvgIpc) is 2.92. The van der Waals surface area contributed by atoms with Crippen LogP contribution in [0.5, 0.6) is 0 Å². The first kappa shape index (κ1) is 17.3. The molecular weight excluding hydrogens is 339 g/mol. The Labute approximate surface area is 129 Å². The smallest absolute Gasteiger partial charge is 0.471 e. The molecule has 1 N–H and O–H groups in total. The molecule has 0 bridgehead atoms. The zero-order chi connectivity index (χ0) is 17.4. The monoisotopic (exact) mass is 351 g/mol. The van der Waals surface area contributed by atoms with Crippen molar-refractivity contribution in [2.75, 3.05) is 6.54 Å². The van der Waals surface area contributed by atoms with Crippen LogP contribution in [0.2, 0.25) is 0 Å². The summed E-state index contributed by atoms with van der Waals surface area (Å²) < 4.78 is 62.5. The number of amides is 1. The van der Waals surface area contributed by atoms with Crippen LogP contribution in [0.4, 0.5) is 13.2 Å². The minimum atomic E-state index is -5.26. The van der Waals surface area contributed by atoms with E-state index in [1.165, 1.54) is 24.3 Å². The van der Waals surface area contributed by atoms with Crippen LogP contribution in [0.3, 0.4) is 0 Å². The second-order valence-electron chi connectivity index (χ2n) is 5.03. The number of sulfone groups is 1. The van der Waals surface area contributed by atoms with Gasteiger partial charge in [0.15, 0.2) is 9.84 Å². The summed E-state index contributed by atoms with van der Waals surface area (Å²) >= 11 is 0. The topological polar surface area (TPSA) is 91.8 Å². The van der Waals surface area contributed by atoms with Gasteiger partial charge in [0.2, 0.25) is 0 Å². The van der Waals surface area contributed by atoms with Crippen molar-refractivity contribution in [2.45, 2.75) is 28.8 Å². The molecule has 0 saturated carbocycles. The average molecular weight is 351 g/mol. The van der Waals surface area contributed by atoms with Crippen LogP contribution >= 0.6 is 0 Å². The van der Waals surface area contributed by atoms with Gasteiger partial charge < -0.3 is 10.0 Å². The first-order chi connectivity index (χ1) is 10.5. The summed E-state index contributed by atoms with van der Waals surface area (Å²) in [7, 11) is -4.04. The summed E-state index contributed by atoms with van der Waals surface area (Å²) in [5.41, 5.74) is 0. The van der Waals surface area contributed by atoms with Crippen molar-refractivity contribution in [3.8, 4) is 0 Å². The molecule has 1 saturated heterocycles. The molecule has 1 amide bonds. The summed E-state index contributed by atoms with van der Waals surface area (Å²) in [4.78, 5) is 22.4. The molecule has 126 valence electrons. The highest BCUT2D eigenvalue weighted by molar-refractivity contribution is 7.92. The normalized spacial score (nSPS) is 22.1. The van der Waals surface area contributed by atoms with Crippen LogP contribution in [-0.4, -0.2) is 54.3 Å². The number of hydrogen-bond donors (Lipinski definition) is 1. The lowest BCUT2D eigenvalue weighted by atomic mass is 10.2. The van der Waals surface area contributed by atoms with Gasteiger partial charge in [0.05, 0.1) is 10.1 Å². The van der Waals surface area contributed by atoms with E-state index in [9.17, 15) is 31.2 Å². The molecule has 23 heavy (non-hydrogen) atoms. The summed E-state index contributed by atoms with van der Waals surface area (Å²) in [6.45, 7) is -0.813. The molecule has 2 atom stereocenters. The predicted molar refractivity (Wildman–Crippen MR) is 71.2 cm³/mol. The Balaban J connectivity index is 2.34. The SMILES string of the molecule is O=C(O)[C@@H]1C[C@@H](S(=O)(=O)c2ccccc2)CN1C(=O)C(F)(F)F. The van der Waals surface area contributed by atoms with E-state index < -0.39 is 52.1 Å². The van der Waals surface area contributed by atoms with E-state index >= 15 is 0 Å². The number of carboxylic acid groups (broad SMARTS) is 1. The van der Waals surface area contributed by atoms with Gasteiger partial charge in [-0.05, 0) is 18.6 Å². The van der Waals surface area contributed by atoms with E-state index in [1.54, 1.807) is 6.07 Å². The molecule has 1 aromatic carbocycles. The van der Waals surface area contributed by atoms with E-state index in [2.05, 4.69) is 0 Å². The molecule has 0 aliphatic carbocycles. The Morgan fingerprint density at radius 1 is 1.17 bits per heavy atom. The molecular formula is C13H12F3NO5S. The van der Waals surface area contributed by atoms with E-state index in [-0.39, 0.29) is 9.80 Å². The second-order valence-corrected chi connectivity index (χ2v) is 7.25. The molecule has 2 rings (SSSR count). The van der Waals surface area contributed by atoms with Crippen molar-refractivity contribution in [1.29, 1.82) is 0 Å². The Hall–Kier alpha value is -2.10. The van der Waals surface area contributed by atoms with Gasteiger partial charge in [-0.1, -0.05) is 18.2 Å². The fraction of sp³-hybridized carbons (Fsp3) is 0.385. The first-order valence-corrected chi connectivity index (χ1v) is 7.99. The molecule has 1 heterocycles. The van der Waals surface area contributed by atoms with Crippen molar-refractivity contribution < 1.29 is 36.3 Å². The molecule has 1 aromatic rings. The number of aliphatic carboxylic acids is 1. The first-order valence-electron chi connectivity index (χ1n) is 6.44. The van der Waals surface area contributed by atoms with E-state index in [1.807, 2.05) is 0 Å². The number of nitrogens with zero attached hydrogens (tertiary/aromatic N) is 1. The third-order valence-corrected chi connectivity index (χ3v) is 5.71. The maximum absolute atomic E-state index is 12.6. The van der Waals surface area contributed by atoms with Crippen molar-refractivity contribution in [1.82, 2.24) is 4.90 Å². The van der Waals surface area contributed by atoms with E-state index in [0.29, 0.717) is 0 Å². The fourth-order valence-electron chi connectivity index (χ4n) is 2.45. The van der Waals surface area contributed by atoms with Gasteiger partial charge in [-0.3, -0.25) is 4.79 Å². The Morgan fingerprint density at radius 3 is 2.22 bits per heavy atom. The van der Waals surface area contributed by atoms with Crippen LogP contribution in [0.15, 0.2) is 35.2 Å². The van der Waals surface area contributed by atoms with Crippen LogP contribution in [0.1, 0.15) is 6.42 Å². The largest absolute Gasteiger partial charge is 0.480 e. The highest BCUT2D eigenvalue weighted by Gasteiger charge is 2.52. The lowest BCUT2D eigenvalue weighted by Gasteiger charge is -2.22. The Kier molecular flexibility index (Phi) is 4.38. The highest BCUT2D eigenvalue weighted by atomic mass is 32.2. The standard InChI is InChI=1S/C13H12F3NO5S/c14-13(15,16)12(20)17-7-9(6-10(17)11(18)19)23(21,22)8-4-2-1-3-5-8/h1-5,9-10H,6-7H2,(H,18,19)/t9-,10+/m1/s1. The third kappa shape index (κ3) is 3.31. The van der Waals surface area contributed by atoms with Crippen molar-refractivity contribution in [3.63, 3.8) is 0 Å². The number of carbonyl (C=O) groups is 2. The summed E-state index contributed by atoms with van der Waals surface area (Å²) in [5, 5.41) is 7.59. The third-order valence-electron chi connectivity index (χ3n) is 3.56. The number of benzene rings is 1. The van der Waals surface area contributed by atoms with Crippen LogP contribution in [0, 0.1) is 0 Å². The number of hydrogen-bond acceptors (Lipinski definition) is 4. The summed E-state index contributed by atoms with van der Waals surface area (Å²) in [6.07, 6.45) is -5.85. The minimum Gasteiger partial charge on any atom is -0.480 e. The number of carbonyl (C=O) groups excluding carboxylic acids is 1. The second kappa shape index (κ2) is 5.84. The molecule has 10 heteroatoms. The molecule has 0 aromatic heterocycles. The van der Waals surface area contributed by atoms with E-state index in [4.69, 9.17) is 5.11 Å². The van der Waals surface area contributed by atoms with Crippen molar-refractivity contribution in [3.05, 3.63) is 30.3 Å². The number of halogens is 3. The zero-order valence-corrected chi connectivity index (χ0v) is 12.3. The molecule has 1 aliphatic rings. The molecule has 0 spiro atoms. The van der Waals surface area contributed by atoms with Gasteiger partial charge in [0, 0.05) is 6.54 Å². The lowest BCUT2D eigenvalue weighted by Crippen LogP contribution is -2.47. The lowest BCUT2D eigenvalue weighted by molar-refractivity contribution is -0.187. The van der Waals surface area contributed by atoms with Crippen molar-refractivity contribution >= 4 is 21.7 Å². The minimum absolute atomic E-state index is 0.0630. The summed E-state index contributed by atoms with van der Waals surface area (Å²) in [5.74, 6) is -4.02. The number of carboxylic acids is 1. The molecule has 1 fully saturated rings. The van der Waals surface area contributed by atoms with Crippen LogP contribution in [0.25, 0.3) is 0 Å². The highest BCUT2D eigenvalue weighted by Crippen LogP contribution is 2.31. The Bertz CT molecular complexity index is 717. The maximum Gasteiger partial charge on any atom is 0.471 e. The van der Waals surface area contributed by atoms with Gasteiger partial charge in [-0.25, -0.2) is 13.2 Å². The molecule has 0 unspecified atom stereocenters. The van der Waals surface area contributed by atoms with Gasteiger partial charge >= 0.3 is 18.1 Å². The Morgan fingerprint density at radius 2 is 1.74 bits per heavy atom. The van der Waals surface area contributed by atoms with Crippen molar-refractivity contribution in [2.24, 2.45) is 0 Å². The molecule has 0 radical (unpaired) electrons. The predicted octanol–water partition coefficient (Wildman–Crippen LogP) is 1.08. The summed E-state index contributed by atoms with van der Waals surface area (Å²) in [6, 6.07) is 5.14.